The van der Waals surface area contributed by atoms with Gasteiger partial charge < -0.3 is 9.53 Å². The zero-order valence-corrected chi connectivity index (χ0v) is 14.3. The van der Waals surface area contributed by atoms with Gasteiger partial charge in [0.25, 0.3) is 0 Å². The van der Waals surface area contributed by atoms with Crippen LogP contribution in [0.2, 0.25) is 18.1 Å². The molecule has 0 unspecified atom stereocenters. The summed E-state index contributed by atoms with van der Waals surface area (Å²) in [6.45, 7) is 19.6. The van der Waals surface area contributed by atoms with Gasteiger partial charge in [0.1, 0.15) is 0 Å². The van der Waals surface area contributed by atoms with Gasteiger partial charge in [-0.3, -0.25) is 0 Å². The molecule has 0 aromatic carbocycles. The van der Waals surface area contributed by atoms with Crippen molar-refractivity contribution in [2.45, 2.75) is 65.3 Å². The maximum Gasteiger partial charge on any atom is 0.192 e. The SMILES string of the molecule is C=CC[C@@H](CO)[C@@H](C)[C@H](C)O[Si](C)(C)C(C)(C)C. The van der Waals surface area contributed by atoms with Crippen LogP contribution in [0, 0.1) is 11.8 Å². The molecule has 1 N–H and O–H groups in total. The standard InChI is InChI=1S/C15H32O2Si/c1-9-10-14(11-16)12(2)13(3)17-18(7,8)15(4,5)6/h9,12-14,16H,1,10-11H2,2-8H3/t12-,13-,14-/m0/s1. The topological polar surface area (TPSA) is 29.5 Å². The van der Waals surface area contributed by atoms with Gasteiger partial charge in [-0.25, -0.2) is 0 Å². The molecule has 0 rings (SSSR count). The first kappa shape index (κ1) is 17.9. The third-order valence-corrected chi connectivity index (χ3v) is 9.05. The van der Waals surface area contributed by atoms with E-state index in [-0.39, 0.29) is 23.7 Å². The first-order valence-corrected chi connectivity index (χ1v) is 9.87. The van der Waals surface area contributed by atoms with Crippen molar-refractivity contribution >= 4 is 8.32 Å². The van der Waals surface area contributed by atoms with Crippen LogP contribution in [0.15, 0.2) is 12.7 Å². The van der Waals surface area contributed by atoms with E-state index in [4.69, 9.17) is 4.43 Å². The molecule has 0 aliphatic carbocycles. The minimum Gasteiger partial charge on any atom is -0.414 e. The number of aliphatic hydroxyl groups is 1. The Bertz CT molecular complexity index is 256. The Balaban J connectivity index is 4.65. The quantitative estimate of drug-likeness (QED) is 0.555. The summed E-state index contributed by atoms with van der Waals surface area (Å²) in [5, 5.41) is 9.67. The first-order chi connectivity index (χ1) is 8.06. The molecule has 0 heterocycles. The van der Waals surface area contributed by atoms with Crippen LogP contribution >= 0.6 is 0 Å². The molecule has 0 aromatic rings. The van der Waals surface area contributed by atoms with Crippen LogP contribution in [-0.4, -0.2) is 26.1 Å². The van der Waals surface area contributed by atoms with Gasteiger partial charge >= 0.3 is 0 Å². The van der Waals surface area contributed by atoms with Gasteiger partial charge in [-0.2, -0.15) is 0 Å². The molecule has 3 atom stereocenters. The van der Waals surface area contributed by atoms with Crippen molar-refractivity contribution in [3.8, 4) is 0 Å². The van der Waals surface area contributed by atoms with Crippen molar-refractivity contribution in [3.05, 3.63) is 12.7 Å². The summed E-state index contributed by atoms with van der Waals surface area (Å²) >= 11 is 0. The average Bonchev–Trinajstić information content (AvgIpc) is 2.22. The summed E-state index contributed by atoms with van der Waals surface area (Å²) in [6.07, 6.45) is 2.92. The van der Waals surface area contributed by atoms with E-state index in [9.17, 15) is 5.11 Å². The molecule has 0 aromatic heterocycles. The summed E-state index contributed by atoms with van der Waals surface area (Å²) in [7, 11) is -1.72. The molecule has 18 heavy (non-hydrogen) atoms. The van der Waals surface area contributed by atoms with E-state index in [2.05, 4.69) is 54.3 Å². The minimum atomic E-state index is -1.72. The molecular formula is C15H32O2Si. The average molecular weight is 273 g/mol. The molecule has 0 spiro atoms. The van der Waals surface area contributed by atoms with E-state index in [1.54, 1.807) is 0 Å². The Hall–Kier alpha value is -0.123. The van der Waals surface area contributed by atoms with E-state index in [0.29, 0.717) is 5.92 Å². The van der Waals surface area contributed by atoms with Crippen molar-refractivity contribution in [1.29, 1.82) is 0 Å². The molecule has 108 valence electrons. The molecule has 0 aliphatic heterocycles. The fourth-order valence-corrected chi connectivity index (χ4v) is 3.30. The number of aliphatic hydroxyl groups excluding tert-OH is 1. The zero-order chi connectivity index (χ0) is 14.6. The lowest BCUT2D eigenvalue weighted by molar-refractivity contribution is 0.0783. The second kappa shape index (κ2) is 6.87. The van der Waals surface area contributed by atoms with Crippen molar-refractivity contribution in [1.82, 2.24) is 0 Å². The van der Waals surface area contributed by atoms with Gasteiger partial charge in [0.2, 0.25) is 0 Å². The van der Waals surface area contributed by atoms with Crippen molar-refractivity contribution in [2.24, 2.45) is 11.8 Å². The predicted octanol–water partition coefficient (Wildman–Crippen LogP) is 4.22. The van der Waals surface area contributed by atoms with Gasteiger partial charge in [-0.1, -0.05) is 33.8 Å². The lowest BCUT2D eigenvalue weighted by Gasteiger charge is -2.41. The smallest absolute Gasteiger partial charge is 0.192 e. The van der Waals surface area contributed by atoms with Crippen LogP contribution in [-0.2, 0) is 4.43 Å². The highest BCUT2D eigenvalue weighted by Crippen LogP contribution is 2.38. The Morgan fingerprint density at radius 1 is 1.28 bits per heavy atom. The molecule has 3 heteroatoms. The van der Waals surface area contributed by atoms with Gasteiger partial charge in [0.05, 0.1) is 0 Å². The van der Waals surface area contributed by atoms with Crippen LogP contribution in [0.5, 0.6) is 0 Å². The molecule has 0 bridgehead atoms. The van der Waals surface area contributed by atoms with E-state index < -0.39 is 8.32 Å². The molecular weight excluding hydrogens is 240 g/mol. The minimum absolute atomic E-state index is 0.183. The summed E-state index contributed by atoms with van der Waals surface area (Å²) in [6, 6.07) is 0. The third-order valence-electron chi connectivity index (χ3n) is 4.47. The Morgan fingerprint density at radius 2 is 1.78 bits per heavy atom. The Kier molecular flexibility index (Phi) is 6.83. The molecule has 0 radical (unpaired) electrons. The lowest BCUT2D eigenvalue weighted by atomic mass is 9.88. The molecule has 0 fully saturated rings. The molecule has 2 nitrogen and oxygen atoms in total. The molecule has 0 amide bonds. The summed E-state index contributed by atoms with van der Waals surface area (Å²) in [4.78, 5) is 0. The maximum atomic E-state index is 9.44. The largest absolute Gasteiger partial charge is 0.414 e. The van der Waals surface area contributed by atoms with Crippen molar-refractivity contribution in [2.75, 3.05) is 6.61 Å². The Labute approximate surface area is 115 Å². The maximum absolute atomic E-state index is 9.44. The van der Waals surface area contributed by atoms with Crippen LogP contribution in [0.1, 0.15) is 41.0 Å². The number of hydrogen-bond acceptors (Lipinski definition) is 2. The number of rotatable bonds is 7. The predicted molar refractivity (Wildman–Crippen MR) is 82.3 cm³/mol. The zero-order valence-electron chi connectivity index (χ0n) is 13.3. The third kappa shape index (κ3) is 4.86. The molecule has 0 saturated heterocycles. The number of hydrogen-bond donors (Lipinski definition) is 1. The summed E-state index contributed by atoms with van der Waals surface area (Å²) in [5.74, 6) is 0.601. The second-order valence-electron chi connectivity index (χ2n) is 6.91. The van der Waals surface area contributed by atoms with E-state index >= 15 is 0 Å². The first-order valence-electron chi connectivity index (χ1n) is 6.96. The van der Waals surface area contributed by atoms with E-state index in [0.717, 1.165) is 6.42 Å². The molecule has 0 saturated carbocycles. The normalized spacial score (nSPS) is 18.2. The number of allylic oxidation sites excluding steroid dienone is 1. The fourth-order valence-electron chi connectivity index (χ4n) is 1.80. The molecule has 0 aliphatic rings. The van der Waals surface area contributed by atoms with Gasteiger partial charge in [-0.15, -0.1) is 6.58 Å². The van der Waals surface area contributed by atoms with Crippen molar-refractivity contribution in [3.63, 3.8) is 0 Å². The van der Waals surface area contributed by atoms with Gasteiger partial charge in [-0.05, 0) is 43.3 Å². The summed E-state index contributed by atoms with van der Waals surface area (Å²) in [5.41, 5.74) is 0. The van der Waals surface area contributed by atoms with Crippen LogP contribution in [0.4, 0.5) is 0 Å². The van der Waals surface area contributed by atoms with Crippen molar-refractivity contribution < 1.29 is 9.53 Å². The lowest BCUT2D eigenvalue weighted by Crippen LogP contribution is -2.45. The van der Waals surface area contributed by atoms with Crippen LogP contribution in [0.25, 0.3) is 0 Å². The highest BCUT2D eigenvalue weighted by atomic mass is 28.4. The van der Waals surface area contributed by atoms with Crippen LogP contribution < -0.4 is 0 Å². The second-order valence-corrected chi connectivity index (χ2v) is 11.7. The van der Waals surface area contributed by atoms with E-state index in [1.807, 2.05) is 6.08 Å². The van der Waals surface area contributed by atoms with Crippen LogP contribution in [0.3, 0.4) is 0 Å². The van der Waals surface area contributed by atoms with E-state index in [1.165, 1.54) is 0 Å². The monoisotopic (exact) mass is 272 g/mol. The Morgan fingerprint density at radius 3 is 2.11 bits per heavy atom. The van der Waals surface area contributed by atoms with Gasteiger partial charge in [0, 0.05) is 12.7 Å². The fraction of sp³-hybridized carbons (Fsp3) is 0.867. The summed E-state index contributed by atoms with van der Waals surface area (Å²) < 4.78 is 6.39. The highest BCUT2D eigenvalue weighted by Gasteiger charge is 2.39. The highest BCUT2D eigenvalue weighted by molar-refractivity contribution is 6.74. The van der Waals surface area contributed by atoms with Gasteiger partial charge in [0.15, 0.2) is 8.32 Å².